The zero-order valence-corrected chi connectivity index (χ0v) is 33.1. The number of carbonyl (C=O) groups excluding carboxylic acids is 3. The van der Waals surface area contributed by atoms with Crippen molar-refractivity contribution in [3.05, 3.63) is 117 Å². The largest absolute Gasteiger partial charge is 0.480 e. The van der Waals surface area contributed by atoms with Crippen LogP contribution in [0.25, 0.3) is 44.6 Å². The smallest absolute Gasteiger partial charge is 0.416 e. The Bertz CT molecular complexity index is 2910. The molecule has 8 rings (SSSR count). The second kappa shape index (κ2) is 17.8. The lowest BCUT2D eigenvalue weighted by Gasteiger charge is -2.15. The summed E-state index contributed by atoms with van der Waals surface area (Å²) in [7, 11) is 2.89. The Labute approximate surface area is 351 Å². The molecule has 328 valence electrons. The van der Waals surface area contributed by atoms with Gasteiger partial charge in [0.15, 0.2) is 0 Å². The molecule has 2 saturated heterocycles. The number of hydrogen-bond acceptors (Lipinski definition) is 9. The molecule has 2 aromatic heterocycles. The number of amides is 3. The number of rotatable bonds is 5. The number of aromatic nitrogens is 4. The summed E-state index contributed by atoms with van der Waals surface area (Å²) in [4.78, 5) is 78.4. The summed E-state index contributed by atoms with van der Waals surface area (Å²) in [6.07, 6.45) is -7.65. The summed E-state index contributed by atoms with van der Waals surface area (Å²) < 4.78 is 80.4. The number of anilines is 2. The van der Waals surface area contributed by atoms with Gasteiger partial charge in [-0.05, 0) is 61.4 Å². The van der Waals surface area contributed by atoms with Crippen molar-refractivity contribution in [1.82, 2.24) is 29.7 Å². The standard InChI is InChI=1S/C21H17F3N4O3.C16H12F3N3O.C5H7NO3/c1-28-18(11-4-2-5-12(10-11)21(22,23)24)27-17-13(20(28)31)6-3-7-14(17)26-19(30)15-8-9-16(29)25-15;1-22-14(9-4-2-5-10(8-9)16(17,18)19)21-13-11(15(22)23)6-3-7-12(13)20;7-4-2-1-3(6-4)5(8)9/h2-7,10,15H,8-9H2,1H3,(H,25,29)(H,26,30);2-8H,20H2,1H3;3H,1-2H2,(H,6,7)(H,8,9). The van der Waals surface area contributed by atoms with Gasteiger partial charge in [-0.3, -0.25) is 33.1 Å². The Morgan fingerprint density at radius 1 is 0.683 bits per heavy atom. The predicted octanol–water partition coefficient (Wildman–Crippen LogP) is 5.39. The van der Waals surface area contributed by atoms with Crippen molar-refractivity contribution >= 4 is 56.9 Å². The third-order valence-electron chi connectivity index (χ3n) is 10.0. The number of nitrogens with one attached hydrogen (secondary N) is 3. The summed E-state index contributed by atoms with van der Waals surface area (Å²) in [5, 5.41) is 16.4. The van der Waals surface area contributed by atoms with Gasteiger partial charge in [-0.2, -0.15) is 26.3 Å². The van der Waals surface area contributed by atoms with E-state index >= 15 is 0 Å². The van der Waals surface area contributed by atoms with Gasteiger partial charge in [0.2, 0.25) is 17.7 Å². The highest BCUT2D eigenvalue weighted by atomic mass is 19.4. The number of nitrogens with two attached hydrogens (primary N) is 1. The van der Waals surface area contributed by atoms with Crippen molar-refractivity contribution in [2.24, 2.45) is 14.1 Å². The number of aliphatic carboxylic acids is 1. The fourth-order valence-electron chi connectivity index (χ4n) is 6.73. The lowest BCUT2D eigenvalue weighted by atomic mass is 10.1. The molecule has 2 unspecified atom stereocenters. The van der Waals surface area contributed by atoms with E-state index in [1.165, 1.54) is 53.6 Å². The number of nitrogen functional groups attached to an aromatic ring is 1. The normalized spacial score (nSPS) is 16.1. The minimum absolute atomic E-state index is 0.0273. The minimum atomic E-state index is -4.55. The first-order valence-electron chi connectivity index (χ1n) is 18.9. The van der Waals surface area contributed by atoms with Gasteiger partial charge < -0.3 is 26.8 Å². The Kier molecular flexibility index (Phi) is 12.7. The number of fused-ring (bicyclic) bond motifs is 2. The fraction of sp³-hybridized carbons (Fsp3) is 0.238. The molecule has 0 spiro atoms. The van der Waals surface area contributed by atoms with E-state index in [-0.39, 0.29) is 68.7 Å². The number of carbonyl (C=O) groups is 4. The van der Waals surface area contributed by atoms with Gasteiger partial charge in [0.05, 0.1) is 33.3 Å². The number of nitrogens with zero attached hydrogens (tertiary/aromatic N) is 4. The summed E-state index contributed by atoms with van der Waals surface area (Å²) in [6.45, 7) is 0. The second-order valence-electron chi connectivity index (χ2n) is 14.3. The summed E-state index contributed by atoms with van der Waals surface area (Å²) in [5.41, 5.74) is 4.60. The van der Waals surface area contributed by atoms with Crippen LogP contribution in [-0.2, 0) is 45.6 Å². The van der Waals surface area contributed by atoms with Crippen LogP contribution in [-0.4, -0.2) is 60.0 Å². The monoisotopic (exact) mass is 878 g/mol. The van der Waals surface area contributed by atoms with E-state index in [1.54, 1.807) is 30.3 Å². The Morgan fingerprint density at radius 2 is 1.13 bits per heavy atom. The molecular weight excluding hydrogens is 842 g/mol. The number of hydrogen-bond donors (Lipinski definition) is 5. The highest BCUT2D eigenvalue weighted by molar-refractivity contribution is 6.04. The first kappa shape index (κ1) is 45.0. The maximum atomic E-state index is 13.1. The molecule has 0 bridgehead atoms. The summed E-state index contributed by atoms with van der Waals surface area (Å²) in [5.74, 6) is -1.63. The first-order valence-corrected chi connectivity index (χ1v) is 18.9. The van der Waals surface area contributed by atoms with Crippen molar-refractivity contribution in [2.45, 2.75) is 50.1 Å². The molecule has 0 aliphatic carbocycles. The Balaban J connectivity index is 0.000000180. The van der Waals surface area contributed by atoms with E-state index < -0.39 is 53.0 Å². The first-order chi connectivity index (χ1) is 29.6. The molecule has 2 fully saturated rings. The van der Waals surface area contributed by atoms with E-state index in [0.717, 1.165) is 24.3 Å². The average molecular weight is 879 g/mol. The van der Waals surface area contributed by atoms with Crippen LogP contribution in [0.2, 0.25) is 0 Å². The molecule has 6 aromatic rings. The Hall–Kier alpha value is -7.58. The number of benzene rings is 4. The SMILES string of the molecule is Cn1c(-c2cccc(C(F)(F)F)c2)nc2c(N)cccc2c1=O.Cn1c(-c2cccc(C(F)(F)F)c2)nc2c(NC(=O)C3CCC(=O)N3)cccc2c1=O.O=C1CCC(C(=O)O)N1. The zero-order chi connectivity index (χ0) is 46.0. The molecule has 2 atom stereocenters. The second-order valence-corrected chi connectivity index (χ2v) is 14.3. The van der Waals surface area contributed by atoms with E-state index in [4.69, 9.17) is 10.8 Å². The molecule has 0 radical (unpaired) electrons. The third kappa shape index (κ3) is 9.98. The summed E-state index contributed by atoms with van der Waals surface area (Å²) in [6, 6.07) is 17.3. The lowest BCUT2D eigenvalue weighted by Crippen LogP contribution is -2.37. The van der Waals surface area contributed by atoms with Crippen LogP contribution in [0.15, 0.2) is 94.5 Å². The van der Waals surface area contributed by atoms with Crippen LogP contribution in [0.5, 0.6) is 0 Å². The molecule has 2 aliphatic heterocycles. The quantitative estimate of drug-likeness (QED) is 0.110. The molecular formula is C42H36F6N8O7. The predicted molar refractivity (Wildman–Crippen MR) is 218 cm³/mol. The van der Waals surface area contributed by atoms with Crippen molar-refractivity contribution in [2.75, 3.05) is 11.1 Å². The number of carboxylic acid groups (broad SMARTS) is 1. The van der Waals surface area contributed by atoms with Gasteiger partial charge in [0, 0.05) is 38.1 Å². The average Bonchev–Trinajstić information content (AvgIpc) is 3.89. The topological polar surface area (TPSA) is 220 Å². The van der Waals surface area contributed by atoms with Gasteiger partial charge in [0.1, 0.15) is 34.8 Å². The number of alkyl halides is 6. The Morgan fingerprint density at radius 3 is 1.57 bits per heavy atom. The molecule has 4 aromatic carbocycles. The molecule has 6 N–H and O–H groups in total. The third-order valence-corrected chi connectivity index (χ3v) is 10.0. The van der Waals surface area contributed by atoms with Crippen LogP contribution < -0.4 is 32.8 Å². The lowest BCUT2D eigenvalue weighted by molar-refractivity contribution is -0.140. The highest BCUT2D eigenvalue weighted by Crippen LogP contribution is 2.33. The molecule has 2 aliphatic rings. The van der Waals surface area contributed by atoms with E-state index in [2.05, 4.69) is 25.9 Å². The van der Waals surface area contributed by atoms with E-state index in [1.807, 2.05) is 0 Å². The van der Waals surface area contributed by atoms with Gasteiger partial charge in [-0.1, -0.05) is 36.4 Å². The van der Waals surface area contributed by atoms with E-state index in [0.29, 0.717) is 30.3 Å². The molecule has 63 heavy (non-hydrogen) atoms. The van der Waals surface area contributed by atoms with Gasteiger partial charge in [-0.25, -0.2) is 14.8 Å². The van der Waals surface area contributed by atoms with Gasteiger partial charge in [0.25, 0.3) is 11.1 Å². The van der Waals surface area contributed by atoms with E-state index in [9.17, 15) is 55.1 Å². The maximum absolute atomic E-state index is 13.1. The summed E-state index contributed by atoms with van der Waals surface area (Å²) >= 11 is 0. The van der Waals surface area contributed by atoms with Crippen LogP contribution in [0.1, 0.15) is 36.8 Å². The zero-order valence-electron chi connectivity index (χ0n) is 33.1. The molecule has 3 amide bonds. The molecule has 0 saturated carbocycles. The highest BCUT2D eigenvalue weighted by Gasteiger charge is 2.32. The van der Waals surface area contributed by atoms with Crippen molar-refractivity contribution in [1.29, 1.82) is 0 Å². The maximum Gasteiger partial charge on any atom is 0.416 e. The van der Waals surface area contributed by atoms with Crippen molar-refractivity contribution < 1.29 is 50.6 Å². The van der Waals surface area contributed by atoms with Crippen LogP contribution in [0.3, 0.4) is 0 Å². The van der Waals surface area contributed by atoms with Crippen LogP contribution in [0, 0.1) is 0 Å². The number of carboxylic acids is 1. The van der Waals surface area contributed by atoms with Crippen LogP contribution in [0.4, 0.5) is 37.7 Å². The molecule has 21 heteroatoms. The molecule has 15 nitrogen and oxygen atoms in total. The van der Waals surface area contributed by atoms with Gasteiger partial charge in [-0.15, -0.1) is 0 Å². The molecule has 4 heterocycles. The van der Waals surface area contributed by atoms with Crippen LogP contribution >= 0.6 is 0 Å². The van der Waals surface area contributed by atoms with Crippen molar-refractivity contribution in [3.63, 3.8) is 0 Å². The number of para-hydroxylation sites is 2. The van der Waals surface area contributed by atoms with Gasteiger partial charge >= 0.3 is 18.3 Å². The number of halogens is 6. The van der Waals surface area contributed by atoms with Crippen molar-refractivity contribution in [3.8, 4) is 22.8 Å². The minimum Gasteiger partial charge on any atom is -0.480 e. The fourth-order valence-corrected chi connectivity index (χ4v) is 6.73.